The van der Waals surface area contributed by atoms with E-state index in [-0.39, 0.29) is 11.9 Å². The third kappa shape index (κ3) is 4.97. The summed E-state index contributed by atoms with van der Waals surface area (Å²) in [6.45, 7) is 2.29. The van der Waals surface area contributed by atoms with E-state index in [2.05, 4.69) is 21.7 Å². The van der Waals surface area contributed by atoms with Crippen molar-refractivity contribution in [2.24, 2.45) is 0 Å². The van der Waals surface area contributed by atoms with E-state index in [0.29, 0.717) is 12.3 Å². The molecule has 0 aliphatic heterocycles. The second kappa shape index (κ2) is 8.70. The molecule has 0 unspecified atom stereocenters. The zero-order valence-corrected chi connectivity index (χ0v) is 15.3. The fourth-order valence-electron chi connectivity index (χ4n) is 2.32. The van der Waals surface area contributed by atoms with Gasteiger partial charge in [0.05, 0.1) is 13.2 Å². The summed E-state index contributed by atoms with van der Waals surface area (Å²) in [6.07, 6.45) is -0.566. The molecule has 0 spiro atoms. The lowest BCUT2D eigenvalue weighted by molar-refractivity contribution is -0.127. The first kappa shape index (κ1) is 18.3. The highest BCUT2D eigenvalue weighted by molar-refractivity contribution is 7.07. The highest BCUT2D eigenvalue weighted by Crippen LogP contribution is 2.20. The van der Waals surface area contributed by atoms with Crippen molar-refractivity contribution in [3.05, 3.63) is 46.7 Å². The molecule has 0 saturated heterocycles. The van der Waals surface area contributed by atoms with E-state index >= 15 is 0 Å². The molecule has 0 aliphatic carbocycles. The standard InChI is InChI=1S/C18H24N2O3S/c1-13(23-16-7-5-15(22-4)6-8-16)18(21)19-11-17(20(2)3)14-9-10-24-12-14/h5-10,12-13,17H,11H2,1-4H3,(H,19,21)/t13-,17+/m0/s1. The summed E-state index contributed by atoms with van der Waals surface area (Å²) >= 11 is 1.66. The summed E-state index contributed by atoms with van der Waals surface area (Å²) < 4.78 is 10.8. The number of rotatable bonds is 8. The molecule has 0 fully saturated rings. The fraction of sp³-hybridized carbons (Fsp3) is 0.389. The highest BCUT2D eigenvalue weighted by Gasteiger charge is 2.19. The summed E-state index contributed by atoms with van der Waals surface area (Å²) in [5, 5.41) is 7.12. The van der Waals surface area contributed by atoms with Gasteiger partial charge in [-0.05, 0) is 67.7 Å². The Bertz CT molecular complexity index is 626. The number of nitrogens with one attached hydrogen (secondary N) is 1. The van der Waals surface area contributed by atoms with Crippen LogP contribution in [0.15, 0.2) is 41.1 Å². The number of hydrogen-bond donors (Lipinski definition) is 1. The SMILES string of the molecule is COc1ccc(O[C@@H](C)C(=O)NC[C@H](c2ccsc2)N(C)C)cc1. The van der Waals surface area contributed by atoms with Gasteiger partial charge in [-0.25, -0.2) is 0 Å². The average Bonchev–Trinajstić information content (AvgIpc) is 3.09. The molecule has 2 atom stereocenters. The van der Waals surface area contributed by atoms with Gasteiger partial charge in [0, 0.05) is 6.54 Å². The normalized spacial score (nSPS) is 13.4. The molecule has 1 N–H and O–H groups in total. The van der Waals surface area contributed by atoms with Gasteiger partial charge < -0.3 is 19.7 Å². The first-order valence-electron chi connectivity index (χ1n) is 7.78. The molecule has 24 heavy (non-hydrogen) atoms. The van der Waals surface area contributed by atoms with Crippen LogP contribution in [-0.2, 0) is 4.79 Å². The van der Waals surface area contributed by atoms with Crippen molar-refractivity contribution in [2.45, 2.75) is 19.1 Å². The Morgan fingerprint density at radius 1 is 1.21 bits per heavy atom. The van der Waals surface area contributed by atoms with E-state index in [1.807, 2.05) is 19.5 Å². The van der Waals surface area contributed by atoms with Crippen molar-refractivity contribution in [3.63, 3.8) is 0 Å². The molecule has 0 aliphatic rings. The van der Waals surface area contributed by atoms with Crippen molar-refractivity contribution in [1.82, 2.24) is 10.2 Å². The van der Waals surface area contributed by atoms with E-state index < -0.39 is 6.10 Å². The number of carbonyl (C=O) groups is 1. The molecule has 130 valence electrons. The highest BCUT2D eigenvalue weighted by atomic mass is 32.1. The number of benzene rings is 1. The van der Waals surface area contributed by atoms with Gasteiger partial charge in [-0.1, -0.05) is 0 Å². The number of carbonyl (C=O) groups excluding carboxylic acids is 1. The smallest absolute Gasteiger partial charge is 0.260 e. The number of likely N-dealkylation sites (N-methyl/N-ethyl adjacent to an activating group) is 1. The van der Waals surface area contributed by atoms with Crippen LogP contribution in [0.3, 0.4) is 0 Å². The van der Waals surface area contributed by atoms with Gasteiger partial charge in [0.25, 0.3) is 5.91 Å². The van der Waals surface area contributed by atoms with Gasteiger partial charge in [0.1, 0.15) is 11.5 Å². The molecule has 6 heteroatoms. The minimum atomic E-state index is -0.566. The lowest BCUT2D eigenvalue weighted by atomic mass is 10.1. The quantitative estimate of drug-likeness (QED) is 0.797. The van der Waals surface area contributed by atoms with Crippen molar-refractivity contribution < 1.29 is 14.3 Å². The predicted molar refractivity (Wildman–Crippen MR) is 96.8 cm³/mol. The third-order valence-corrected chi connectivity index (χ3v) is 4.46. The number of hydrogen-bond acceptors (Lipinski definition) is 5. The third-order valence-electron chi connectivity index (χ3n) is 3.76. The van der Waals surface area contributed by atoms with Gasteiger partial charge in [-0.2, -0.15) is 11.3 Å². The first-order valence-corrected chi connectivity index (χ1v) is 8.72. The van der Waals surface area contributed by atoms with Gasteiger partial charge >= 0.3 is 0 Å². The molecule has 0 saturated carbocycles. The largest absolute Gasteiger partial charge is 0.497 e. The second-order valence-corrected chi connectivity index (χ2v) is 6.50. The predicted octanol–water partition coefficient (Wildman–Crippen LogP) is 2.94. The van der Waals surface area contributed by atoms with Crippen LogP contribution < -0.4 is 14.8 Å². The number of methoxy groups -OCH3 is 1. The molecular formula is C18H24N2O3S. The van der Waals surface area contributed by atoms with Crippen LogP contribution in [0.2, 0.25) is 0 Å². The van der Waals surface area contributed by atoms with Crippen LogP contribution in [0, 0.1) is 0 Å². The molecule has 1 aromatic heterocycles. The van der Waals surface area contributed by atoms with E-state index in [1.54, 1.807) is 49.6 Å². The van der Waals surface area contributed by atoms with E-state index in [4.69, 9.17) is 9.47 Å². The lowest BCUT2D eigenvalue weighted by Crippen LogP contribution is -2.40. The number of ether oxygens (including phenoxy) is 2. The molecule has 0 radical (unpaired) electrons. The van der Waals surface area contributed by atoms with Crippen LogP contribution >= 0.6 is 11.3 Å². The fourth-order valence-corrected chi connectivity index (χ4v) is 3.02. The lowest BCUT2D eigenvalue weighted by Gasteiger charge is -2.25. The molecular weight excluding hydrogens is 324 g/mol. The maximum absolute atomic E-state index is 12.3. The Kier molecular flexibility index (Phi) is 6.63. The van der Waals surface area contributed by atoms with Crippen molar-refractivity contribution in [1.29, 1.82) is 0 Å². The Hall–Kier alpha value is -2.05. The summed E-state index contributed by atoms with van der Waals surface area (Å²) in [7, 11) is 5.62. The average molecular weight is 348 g/mol. The number of nitrogens with zero attached hydrogens (tertiary/aromatic N) is 1. The van der Waals surface area contributed by atoms with Crippen molar-refractivity contribution >= 4 is 17.2 Å². The summed E-state index contributed by atoms with van der Waals surface area (Å²) in [6, 6.07) is 9.41. The molecule has 2 aromatic rings. The van der Waals surface area contributed by atoms with E-state index in [0.717, 1.165) is 5.75 Å². The molecule has 1 heterocycles. The van der Waals surface area contributed by atoms with Gasteiger partial charge in [-0.15, -0.1) is 0 Å². The number of amides is 1. The maximum Gasteiger partial charge on any atom is 0.260 e. The van der Waals surface area contributed by atoms with Crippen LogP contribution in [0.25, 0.3) is 0 Å². The van der Waals surface area contributed by atoms with Gasteiger partial charge in [-0.3, -0.25) is 4.79 Å². The second-order valence-electron chi connectivity index (χ2n) is 5.72. The molecule has 1 amide bonds. The van der Waals surface area contributed by atoms with E-state index in [1.165, 1.54) is 5.56 Å². The van der Waals surface area contributed by atoms with Crippen LogP contribution in [0.1, 0.15) is 18.5 Å². The minimum absolute atomic E-state index is 0.132. The van der Waals surface area contributed by atoms with Crippen LogP contribution in [0.5, 0.6) is 11.5 Å². The van der Waals surface area contributed by atoms with E-state index in [9.17, 15) is 4.79 Å². The zero-order chi connectivity index (χ0) is 17.5. The Morgan fingerprint density at radius 2 is 1.88 bits per heavy atom. The minimum Gasteiger partial charge on any atom is -0.497 e. The molecule has 1 aromatic carbocycles. The van der Waals surface area contributed by atoms with Crippen molar-refractivity contribution in [3.8, 4) is 11.5 Å². The topological polar surface area (TPSA) is 50.8 Å². The van der Waals surface area contributed by atoms with Crippen LogP contribution in [0.4, 0.5) is 0 Å². The zero-order valence-electron chi connectivity index (χ0n) is 14.5. The first-order chi connectivity index (χ1) is 11.5. The van der Waals surface area contributed by atoms with Gasteiger partial charge in [0.2, 0.25) is 0 Å². The maximum atomic E-state index is 12.3. The van der Waals surface area contributed by atoms with Gasteiger partial charge in [0.15, 0.2) is 6.10 Å². The Morgan fingerprint density at radius 3 is 2.42 bits per heavy atom. The molecule has 0 bridgehead atoms. The Labute approximate surface area is 147 Å². The monoisotopic (exact) mass is 348 g/mol. The van der Waals surface area contributed by atoms with Crippen LogP contribution in [-0.4, -0.2) is 44.7 Å². The molecule has 5 nitrogen and oxygen atoms in total. The summed E-state index contributed by atoms with van der Waals surface area (Å²) in [5.74, 6) is 1.26. The molecule has 2 rings (SSSR count). The summed E-state index contributed by atoms with van der Waals surface area (Å²) in [5.41, 5.74) is 1.20. The van der Waals surface area contributed by atoms with Crippen molar-refractivity contribution in [2.75, 3.05) is 27.7 Å². The number of thiophene rings is 1. The summed E-state index contributed by atoms with van der Waals surface area (Å²) in [4.78, 5) is 14.4. The Balaban J connectivity index is 1.88.